The molecule has 70 heavy (non-hydrogen) atoms. The fourth-order valence-electron chi connectivity index (χ4n) is 8.57. The van der Waals surface area contributed by atoms with Crippen LogP contribution >= 0.6 is 11.6 Å². The summed E-state index contributed by atoms with van der Waals surface area (Å²) in [5.41, 5.74) is 6.41. The molecule has 3 amide bonds. The van der Waals surface area contributed by atoms with E-state index in [1.54, 1.807) is 36.5 Å². The van der Waals surface area contributed by atoms with E-state index in [9.17, 15) is 39.0 Å². The lowest BCUT2D eigenvalue weighted by molar-refractivity contribution is -0.120. The smallest absolute Gasteiger partial charge is 0.404 e. The number of aromatic hydroxyl groups is 1. The molecule has 378 valence electrons. The van der Waals surface area contributed by atoms with Gasteiger partial charge in [-0.05, 0) is 64.0 Å². The number of fused-ring (bicyclic) bond motifs is 4. The number of rotatable bonds is 10. The Morgan fingerprint density at radius 1 is 0.986 bits per heavy atom. The average Bonchev–Trinajstić information content (AvgIpc) is 4.04. The molecule has 0 aromatic heterocycles. The maximum absolute atomic E-state index is 14.2. The molecule has 2 bridgehead atoms. The number of allylic oxidation sites excluding steroid dienone is 7. The predicted molar refractivity (Wildman–Crippen MR) is 262 cm³/mol. The second kappa shape index (κ2) is 25.7. The molecule has 0 radical (unpaired) electrons. The molecule has 1 aliphatic carbocycles. The lowest BCUT2D eigenvalue weighted by Gasteiger charge is -2.29. The molecule has 0 spiro atoms. The number of aliphatic hydroxyl groups excluding tert-OH is 1. The van der Waals surface area contributed by atoms with Gasteiger partial charge in [0, 0.05) is 68.9 Å². The third-order valence-electron chi connectivity index (χ3n) is 12.3. The molecule has 1 saturated heterocycles. The summed E-state index contributed by atoms with van der Waals surface area (Å²) < 4.78 is 28.3. The van der Waals surface area contributed by atoms with Crippen LogP contribution in [-0.2, 0) is 44.5 Å². The molecule has 1 fully saturated rings. The number of nitrogens with one attached hydrogen (secondary N) is 3. The second-order valence-corrected chi connectivity index (χ2v) is 18.4. The first kappa shape index (κ1) is 54.8. The highest BCUT2D eigenvalue weighted by Crippen LogP contribution is 2.38. The van der Waals surface area contributed by atoms with Crippen LogP contribution in [0, 0.1) is 11.8 Å². The highest BCUT2D eigenvalue weighted by molar-refractivity contribution is 6.34. The fourth-order valence-corrected chi connectivity index (χ4v) is 8.84. The lowest BCUT2D eigenvalue weighted by Crippen LogP contribution is -2.37. The van der Waals surface area contributed by atoms with Crippen molar-refractivity contribution in [1.29, 1.82) is 0 Å². The zero-order valence-electron chi connectivity index (χ0n) is 40.6. The third-order valence-corrected chi connectivity index (χ3v) is 12.7. The van der Waals surface area contributed by atoms with E-state index in [1.165, 1.54) is 39.4 Å². The number of methoxy groups -OCH3 is 2. The number of carbonyl (C=O) groups is 6. The molecule has 17 nitrogen and oxygen atoms in total. The summed E-state index contributed by atoms with van der Waals surface area (Å²) in [5, 5.41) is 31.1. The van der Waals surface area contributed by atoms with Crippen molar-refractivity contribution in [2.75, 3.05) is 27.4 Å². The molecule has 0 unspecified atom stereocenters. The Morgan fingerprint density at radius 3 is 2.46 bits per heavy atom. The van der Waals surface area contributed by atoms with Crippen LogP contribution in [0.25, 0.3) is 0 Å². The summed E-state index contributed by atoms with van der Waals surface area (Å²) in [4.78, 5) is 79.5. The summed E-state index contributed by atoms with van der Waals surface area (Å²) in [6, 6.07) is 0.937. The van der Waals surface area contributed by atoms with E-state index in [0.717, 1.165) is 11.6 Å². The van der Waals surface area contributed by atoms with Crippen LogP contribution in [0.5, 0.6) is 11.5 Å². The maximum atomic E-state index is 14.2. The van der Waals surface area contributed by atoms with Crippen molar-refractivity contribution in [3.05, 3.63) is 117 Å². The van der Waals surface area contributed by atoms with Gasteiger partial charge in [0.1, 0.15) is 36.4 Å². The summed E-state index contributed by atoms with van der Waals surface area (Å²) in [6.07, 6.45) is 14.4. The van der Waals surface area contributed by atoms with E-state index < -0.39 is 65.6 Å². The van der Waals surface area contributed by atoms with Crippen molar-refractivity contribution in [3.63, 3.8) is 0 Å². The molecule has 0 saturated carbocycles. The minimum absolute atomic E-state index is 0.00131. The van der Waals surface area contributed by atoms with Gasteiger partial charge < -0.3 is 55.6 Å². The van der Waals surface area contributed by atoms with Crippen LogP contribution in [0.15, 0.2) is 101 Å². The van der Waals surface area contributed by atoms with Gasteiger partial charge in [-0.3, -0.25) is 24.0 Å². The van der Waals surface area contributed by atoms with Crippen molar-refractivity contribution in [3.8, 4) is 11.5 Å². The van der Waals surface area contributed by atoms with Gasteiger partial charge in [0.25, 0.3) is 11.8 Å². The van der Waals surface area contributed by atoms with Gasteiger partial charge in [0.2, 0.25) is 11.6 Å². The quantitative estimate of drug-likeness (QED) is 0.0719. The number of phenolic OH excluding ortho intramolecular Hbond substituents is 1. The third kappa shape index (κ3) is 15.2. The minimum atomic E-state index is -0.996. The predicted octanol–water partition coefficient (Wildman–Crippen LogP) is 5.64. The molecule has 5 rings (SSSR count). The molecule has 3 heterocycles. The number of carbonyl (C=O) groups excluding carboxylic acids is 6. The highest BCUT2D eigenvalue weighted by Gasteiger charge is 2.38. The number of halogens is 1. The minimum Gasteiger partial charge on any atom is -0.507 e. The van der Waals surface area contributed by atoms with Crippen LogP contribution in [-0.4, -0.2) is 116 Å². The van der Waals surface area contributed by atoms with Crippen LogP contribution in [0.3, 0.4) is 0 Å². The first-order valence-electron chi connectivity index (χ1n) is 23.3. The summed E-state index contributed by atoms with van der Waals surface area (Å²) >= 11 is 6.76. The molecule has 18 heteroatoms. The van der Waals surface area contributed by atoms with Crippen molar-refractivity contribution in [2.45, 2.75) is 116 Å². The number of ketones is 3. The largest absolute Gasteiger partial charge is 0.507 e. The Hall–Kier alpha value is -6.11. The van der Waals surface area contributed by atoms with Crippen molar-refractivity contribution in [2.24, 2.45) is 17.6 Å². The number of phenols is 1. The molecular formula is C52H65ClN4O13. The van der Waals surface area contributed by atoms with Crippen molar-refractivity contribution < 1.29 is 62.7 Å². The molecule has 4 aliphatic rings. The normalized spacial score (nSPS) is 30.4. The van der Waals surface area contributed by atoms with E-state index in [1.807, 2.05) is 39.8 Å². The van der Waals surface area contributed by atoms with E-state index in [-0.39, 0.29) is 107 Å². The number of ether oxygens (including phenoxy) is 5. The summed E-state index contributed by atoms with van der Waals surface area (Å²) in [6.45, 7) is 9.09. The van der Waals surface area contributed by atoms with Crippen LogP contribution < -0.4 is 26.4 Å². The monoisotopic (exact) mass is 988 g/mol. The lowest BCUT2D eigenvalue weighted by atomic mass is 9.85. The van der Waals surface area contributed by atoms with E-state index in [0.29, 0.717) is 19.3 Å². The molecule has 7 N–H and O–H groups in total. The molecule has 1 aromatic carbocycles. The second-order valence-electron chi connectivity index (χ2n) is 18.1. The van der Waals surface area contributed by atoms with Crippen LogP contribution in [0.1, 0.15) is 82.6 Å². The fraction of sp³-hybridized carbons (Fsp3) is 0.462. The summed E-state index contributed by atoms with van der Waals surface area (Å²) in [7, 11) is 2.92. The van der Waals surface area contributed by atoms with Gasteiger partial charge in [0.05, 0.1) is 40.3 Å². The average molecular weight is 990 g/mol. The number of hydrogen-bond acceptors (Lipinski definition) is 14. The Morgan fingerprint density at radius 2 is 1.74 bits per heavy atom. The van der Waals surface area contributed by atoms with Gasteiger partial charge >= 0.3 is 6.09 Å². The maximum Gasteiger partial charge on any atom is 0.404 e. The number of amides is 3. The molecular weight excluding hydrogens is 924 g/mol. The first-order valence-corrected chi connectivity index (χ1v) is 23.7. The molecule has 1 aromatic rings. The van der Waals surface area contributed by atoms with Gasteiger partial charge in [0.15, 0.2) is 5.78 Å². The summed E-state index contributed by atoms with van der Waals surface area (Å²) in [5.74, 6) is -3.71. The van der Waals surface area contributed by atoms with Gasteiger partial charge in [-0.2, -0.15) is 0 Å². The number of aliphatic hydroxyl groups is 1. The molecule has 9 atom stereocenters. The Kier molecular flexibility index (Phi) is 20.1. The number of primary amides is 1. The van der Waals surface area contributed by atoms with Gasteiger partial charge in [-0.1, -0.05) is 85.7 Å². The first-order chi connectivity index (χ1) is 33.3. The van der Waals surface area contributed by atoms with Crippen LogP contribution in [0.2, 0.25) is 5.02 Å². The van der Waals surface area contributed by atoms with Crippen molar-refractivity contribution >= 4 is 46.9 Å². The van der Waals surface area contributed by atoms with E-state index >= 15 is 0 Å². The Balaban J connectivity index is 1.32. The molecule has 3 aliphatic heterocycles. The number of benzene rings is 1. The Bertz CT molecular complexity index is 2420. The number of Topliss-reactive ketones (excluding diaryl/α,β-unsaturated/α-hetero) is 1. The Labute approximate surface area is 413 Å². The number of epoxide rings is 1. The van der Waals surface area contributed by atoms with Crippen LogP contribution in [0.4, 0.5) is 4.79 Å². The van der Waals surface area contributed by atoms with Gasteiger partial charge in [-0.15, -0.1) is 0 Å². The zero-order chi connectivity index (χ0) is 51.2. The zero-order valence-corrected chi connectivity index (χ0v) is 41.4. The number of hydrogen-bond donors (Lipinski definition) is 6. The highest BCUT2D eigenvalue weighted by atomic mass is 35.5. The SMILES string of the molecule is CO[C@H]1/C=C\C=C(/C)C(=O)NC2=CC(=O)C(NCC/C=C/COc3cc(O)c4c(c3Cl)CC(=O)/C=C/C=C\[C@H]3O[C@@H]3C[C@@H](C)NC4=O)=C(C[C@H](C)C[C@H](OC)[C@@H](O)[C@H](C)/C=C(\C)C[C@@H]1OC(N)=O)C2=O. The van der Waals surface area contributed by atoms with Gasteiger partial charge in [-0.25, -0.2) is 4.79 Å². The van der Waals surface area contributed by atoms with Crippen molar-refractivity contribution in [1.82, 2.24) is 16.0 Å². The number of nitrogens with two attached hydrogens (primary N) is 1. The standard InChI is InChI=1S/C52H65ClN4O13/c1-28-20-31(4)48(61)44(67-7)23-29(2)21-35-47(38(60)26-36(49(35)62)57-50(63)30(3)14-13-17-39(66-6)41(22-28)70-52(54)65)55-18-11-8-12-19-68-43-27-37(59)45-34(46(43)53)25-33(58)15-9-10-16-40-42(69-40)24-32(5)56-51(45)64/h8-10,12-17,20,26-27,29,31-32,39-42,44,48,55,59,61H,11,18-19,21-25H2,1-7H3,(H2,54,65)(H,56,64)(H,57,63)/b12-8+,15-9+,16-10-,17-13-,28-20+,30-14+/t29-,31+,32+,39-,40+,41-,42+,44-,48-/m0/s1. The topological polar surface area (TPSA) is 254 Å². The van der Waals surface area contributed by atoms with E-state index in [2.05, 4.69) is 16.0 Å². The van der Waals surface area contributed by atoms with E-state index in [4.69, 9.17) is 41.0 Å².